The molecule has 0 amide bonds. The molecule has 0 spiro atoms. The van der Waals surface area contributed by atoms with Crippen molar-refractivity contribution in [3.8, 4) is 0 Å². The molecule has 0 aromatic heterocycles. The van der Waals surface area contributed by atoms with Gasteiger partial charge in [-0.3, -0.25) is 0 Å². The van der Waals surface area contributed by atoms with Crippen LogP contribution >= 0.6 is 0 Å². The van der Waals surface area contributed by atoms with Gasteiger partial charge in [-0.15, -0.1) is 5.10 Å². The predicted molar refractivity (Wildman–Crippen MR) is 48.4 cm³/mol. The Labute approximate surface area is 67.4 Å². The van der Waals surface area contributed by atoms with Crippen LogP contribution in [0.25, 0.3) is 0 Å². The third-order valence-corrected chi connectivity index (χ3v) is 1.04. The Morgan fingerprint density at radius 3 is 2.18 bits per heavy atom. The van der Waals surface area contributed by atoms with Crippen LogP contribution < -0.4 is 11.5 Å². The summed E-state index contributed by atoms with van der Waals surface area (Å²) in [5.41, 5.74) is 11.1. The van der Waals surface area contributed by atoms with Gasteiger partial charge in [0.15, 0.2) is 0 Å². The number of guanidine groups is 1. The quantitative estimate of drug-likeness (QED) is 0.358. The lowest BCUT2D eigenvalue weighted by molar-refractivity contribution is 0.681. The molecule has 0 aromatic carbocycles. The largest absolute Gasteiger partial charge is 0.369 e. The lowest BCUT2D eigenvalue weighted by Gasteiger charge is -2.00. The van der Waals surface area contributed by atoms with Crippen LogP contribution in [-0.2, 0) is 0 Å². The van der Waals surface area contributed by atoms with Crippen LogP contribution in [0.3, 0.4) is 0 Å². The van der Waals surface area contributed by atoms with Gasteiger partial charge in [-0.05, 0) is 19.3 Å². The van der Waals surface area contributed by atoms with Gasteiger partial charge in [-0.2, -0.15) is 5.10 Å². The summed E-state index contributed by atoms with van der Waals surface area (Å²) in [6, 6.07) is 0. The molecule has 0 aliphatic rings. The maximum atomic E-state index is 5.09. The van der Waals surface area contributed by atoms with Crippen molar-refractivity contribution in [3.05, 3.63) is 0 Å². The molecule has 11 heavy (non-hydrogen) atoms. The van der Waals surface area contributed by atoms with Gasteiger partial charge < -0.3 is 11.5 Å². The molecule has 0 bridgehead atoms. The van der Waals surface area contributed by atoms with Crippen LogP contribution in [0, 0.1) is 5.92 Å². The molecule has 0 unspecified atom stereocenters. The summed E-state index contributed by atoms with van der Waals surface area (Å²) in [6.45, 7) is 6.15. The molecule has 4 nitrogen and oxygen atoms in total. The average Bonchev–Trinajstić information content (AvgIpc) is 1.82. The van der Waals surface area contributed by atoms with Crippen LogP contribution in [0.4, 0.5) is 0 Å². The topological polar surface area (TPSA) is 76.8 Å². The van der Waals surface area contributed by atoms with Crippen molar-refractivity contribution in [3.63, 3.8) is 0 Å². The third kappa shape index (κ3) is 6.83. The Morgan fingerprint density at radius 2 is 1.82 bits per heavy atom. The van der Waals surface area contributed by atoms with Crippen molar-refractivity contribution in [2.45, 2.75) is 27.2 Å². The molecule has 0 aromatic rings. The molecule has 0 atom stereocenters. The zero-order valence-electron chi connectivity index (χ0n) is 7.33. The SMILES string of the molecule is C/C(CC(C)C)=N/N=C(N)N. The first-order valence-corrected chi connectivity index (χ1v) is 3.64. The summed E-state index contributed by atoms with van der Waals surface area (Å²) in [6.07, 6.45) is 0.927. The Morgan fingerprint density at radius 1 is 1.27 bits per heavy atom. The summed E-state index contributed by atoms with van der Waals surface area (Å²) < 4.78 is 0. The Balaban J connectivity index is 3.91. The smallest absolute Gasteiger partial charge is 0.211 e. The fraction of sp³-hybridized carbons (Fsp3) is 0.714. The van der Waals surface area contributed by atoms with E-state index in [1.807, 2.05) is 6.92 Å². The number of hydrogen-bond donors (Lipinski definition) is 2. The van der Waals surface area contributed by atoms with E-state index < -0.39 is 0 Å². The number of nitrogens with two attached hydrogens (primary N) is 2. The second kappa shape index (κ2) is 4.71. The highest BCUT2D eigenvalue weighted by atomic mass is 15.3. The van der Waals surface area contributed by atoms with Crippen LogP contribution in [0.2, 0.25) is 0 Å². The monoisotopic (exact) mass is 156 g/mol. The summed E-state index contributed by atoms with van der Waals surface area (Å²) in [5, 5.41) is 7.36. The molecule has 64 valence electrons. The lowest BCUT2D eigenvalue weighted by atomic mass is 10.1. The van der Waals surface area contributed by atoms with Gasteiger partial charge in [0.05, 0.1) is 0 Å². The van der Waals surface area contributed by atoms with Crippen molar-refractivity contribution in [1.29, 1.82) is 0 Å². The number of hydrogen-bond acceptors (Lipinski definition) is 2. The molecule has 0 rings (SSSR count). The summed E-state index contributed by atoms with van der Waals surface area (Å²) in [5.74, 6) is 0.598. The highest BCUT2D eigenvalue weighted by molar-refractivity contribution is 5.83. The second-order valence-electron chi connectivity index (χ2n) is 2.96. The van der Waals surface area contributed by atoms with E-state index in [1.165, 1.54) is 0 Å². The average molecular weight is 156 g/mol. The first kappa shape index (κ1) is 9.94. The van der Waals surface area contributed by atoms with Gasteiger partial charge in [0.25, 0.3) is 0 Å². The summed E-state index contributed by atoms with van der Waals surface area (Å²) >= 11 is 0. The van der Waals surface area contributed by atoms with E-state index in [1.54, 1.807) is 0 Å². The normalized spacial score (nSPS) is 11.8. The fourth-order valence-corrected chi connectivity index (χ4v) is 0.775. The van der Waals surface area contributed by atoms with Gasteiger partial charge >= 0.3 is 0 Å². The van der Waals surface area contributed by atoms with Gasteiger partial charge in [-0.1, -0.05) is 13.8 Å². The van der Waals surface area contributed by atoms with E-state index in [0.29, 0.717) is 5.92 Å². The van der Waals surface area contributed by atoms with Crippen molar-refractivity contribution < 1.29 is 0 Å². The second-order valence-corrected chi connectivity index (χ2v) is 2.96. The minimum atomic E-state index is 0.00751. The Hall–Kier alpha value is -1.06. The minimum absolute atomic E-state index is 0.00751. The van der Waals surface area contributed by atoms with E-state index in [-0.39, 0.29) is 5.96 Å². The Kier molecular flexibility index (Phi) is 4.26. The van der Waals surface area contributed by atoms with Crippen LogP contribution in [0.5, 0.6) is 0 Å². The van der Waals surface area contributed by atoms with E-state index >= 15 is 0 Å². The molecular weight excluding hydrogens is 140 g/mol. The van der Waals surface area contributed by atoms with Gasteiger partial charge in [-0.25, -0.2) is 0 Å². The highest BCUT2D eigenvalue weighted by Gasteiger charge is 1.95. The van der Waals surface area contributed by atoms with Gasteiger partial charge in [0.2, 0.25) is 5.96 Å². The van der Waals surface area contributed by atoms with Gasteiger partial charge in [0.1, 0.15) is 0 Å². The molecule has 0 aliphatic carbocycles. The van der Waals surface area contributed by atoms with Crippen molar-refractivity contribution in [1.82, 2.24) is 0 Å². The zero-order chi connectivity index (χ0) is 8.85. The molecule has 4 N–H and O–H groups in total. The molecule has 0 aliphatic heterocycles. The number of rotatable bonds is 3. The molecular formula is C7H16N4. The fourth-order valence-electron chi connectivity index (χ4n) is 0.775. The molecule has 0 saturated heterocycles. The van der Waals surface area contributed by atoms with E-state index in [2.05, 4.69) is 24.1 Å². The Bertz CT molecular complexity index is 165. The molecule has 0 radical (unpaired) electrons. The van der Waals surface area contributed by atoms with Gasteiger partial charge in [0, 0.05) is 5.71 Å². The first-order chi connectivity index (χ1) is 5.02. The lowest BCUT2D eigenvalue weighted by Crippen LogP contribution is -2.22. The number of nitrogens with zero attached hydrogens (tertiary/aromatic N) is 2. The van der Waals surface area contributed by atoms with Crippen molar-refractivity contribution in [2.75, 3.05) is 0 Å². The van der Waals surface area contributed by atoms with Crippen molar-refractivity contribution in [2.24, 2.45) is 27.6 Å². The zero-order valence-corrected chi connectivity index (χ0v) is 7.33. The summed E-state index contributed by atoms with van der Waals surface area (Å²) in [7, 11) is 0. The minimum Gasteiger partial charge on any atom is -0.369 e. The van der Waals surface area contributed by atoms with E-state index in [9.17, 15) is 0 Å². The molecule has 0 fully saturated rings. The third-order valence-electron chi connectivity index (χ3n) is 1.04. The first-order valence-electron chi connectivity index (χ1n) is 3.64. The highest BCUT2D eigenvalue weighted by Crippen LogP contribution is 2.00. The predicted octanol–water partition coefficient (Wildman–Crippen LogP) is 0.682. The van der Waals surface area contributed by atoms with E-state index in [4.69, 9.17) is 11.5 Å². The van der Waals surface area contributed by atoms with E-state index in [0.717, 1.165) is 12.1 Å². The van der Waals surface area contributed by atoms with Crippen LogP contribution in [0.15, 0.2) is 10.2 Å². The maximum Gasteiger partial charge on any atom is 0.211 e. The van der Waals surface area contributed by atoms with Crippen LogP contribution in [0.1, 0.15) is 27.2 Å². The maximum absolute atomic E-state index is 5.09. The summed E-state index contributed by atoms with van der Waals surface area (Å²) in [4.78, 5) is 0. The standard InChI is InChI=1S/C7H16N4/c1-5(2)4-6(3)10-11-7(8)9/h5H,4H2,1-3H3,(H4,8,9,11)/b10-6-. The van der Waals surface area contributed by atoms with Crippen molar-refractivity contribution >= 4 is 11.7 Å². The molecule has 0 heterocycles. The molecule has 0 saturated carbocycles. The van der Waals surface area contributed by atoms with Crippen LogP contribution in [-0.4, -0.2) is 11.7 Å². The molecule has 4 heteroatoms.